The summed E-state index contributed by atoms with van der Waals surface area (Å²) in [5.74, 6) is -1.31. The Morgan fingerprint density at radius 2 is 2.10 bits per heavy atom. The van der Waals surface area contributed by atoms with Crippen LogP contribution in [0, 0.1) is 11.6 Å². The number of fused-ring (bicyclic) bond motifs is 1. The van der Waals surface area contributed by atoms with Crippen LogP contribution in [0.2, 0.25) is 0 Å². The van der Waals surface area contributed by atoms with Gasteiger partial charge in [0.15, 0.2) is 0 Å². The molecule has 0 saturated heterocycles. The zero-order chi connectivity index (χ0) is 14.3. The predicted molar refractivity (Wildman–Crippen MR) is 71.9 cm³/mol. The van der Waals surface area contributed by atoms with Crippen molar-refractivity contribution in [1.29, 1.82) is 0 Å². The molecule has 0 bridgehead atoms. The average molecular weight is 339 g/mol. The minimum absolute atomic E-state index is 0.0191. The van der Waals surface area contributed by atoms with Crippen LogP contribution in [0.5, 0.6) is 0 Å². The molecule has 0 aliphatic carbocycles. The summed E-state index contributed by atoms with van der Waals surface area (Å²) in [6, 6.07) is 5.53. The first-order chi connectivity index (χ1) is 9.56. The van der Waals surface area contributed by atoms with Crippen molar-refractivity contribution >= 4 is 21.8 Å². The number of aromatic nitrogens is 1. The van der Waals surface area contributed by atoms with Crippen molar-refractivity contribution in [3.63, 3.8) is 0 Å². The molecule has 1 aromatic heterocycles. The zero-order valence-electron chi connectivity index (χ0n) is 10.2. The van der Waals surface area contributed by atoms with E-state index in [1.165, 1.54) is 4.90 Å². The fourth-order valence-corrected chi connectivity index (χ4v) is 2.52. The minimum atomic E-state index is -0.552. The maximum Gasteiger partial charge on any atom is 0.256 e. The van der Waals surface area contributed by atoms with E-state index < -0.39 is 11.6 Å². The number of nitrogens with zero attached hydrogens (tertiary/aromatic N) is 2. The zero-order valence-corrected chi connectivity index (χ0v) is 11.8. The first-order valence-corrected chi connectivity index (χ1v) is 6.72. The smallest absolute Gasteiger partial charge is 0.256 e. The van der Waals surface area contributed by atoms with Crippen LogP contribution in [0.4, 0.5) is 8.78 Å². The van der Waals surface area contributed by atoms with Gasteiger partial charge in [-0.05, 0) is 40.2 Å². The normalized spacial score (nSPS) is 13.8. The van der Waals surface area contributed by atoms with Crippen LogP contribution < -0.4 is 0 Å². The van der Waals surface area contributed by atoms with Crippen molar-refractivity contribution in [2.24, 2.45) is 0 Å². The quantitative estimate of drug-likeness (QED) is 0.787. The van der Waals surface area contributed by atoms with Crippen molar-refractivity contribution in [1.82, 2.24) is 9.88 Å². The fourth-order valence-electron chi connectivity index (χ4n) is 2.20. The molecule has 0 radical (unpaired) electrons. The number of pyridine rings is 1. The molecule has 3 nitrogen and oxygen atoms in total. The molecule has 1 aliphatic heterocycles. The first-order valence-electron chi connectivity index (χ1n) is 5.93. The van der Waals surface area contributed by atoms with Crippen LogP contribution in [0.15, 0.2) is 34.9 Å². The Morgan fingerprint density at radius 3 is 2.85 bits per heavy atom. The van der Waals surface area contributed by atoms with Crippen LogP contribution in [-0.2, 0) is 13.1 Å². The van der Waals surface area contributed by atoms with Crippen molar-refractivity contribution < 1.29 is 13.6 Å². The summed E-state index contributed by atoms with van der Waals surface area (Å²) in [5, 5.41) is 0. The average Bonchev–Trinajstić information content (AvgIpc) is 2.73. The van der Waals surface area contributed by atoms with E-state index >= 15 is 0 Å². The molecule has 0 spiro atoms. The molecule has 3 rings (SSSR count). The molecular weight excluding hydrogens is 330 g/mol. The molecule has 0 unspecified atom stereocenters. The Bertz CT molecular complexity index is 706. The first kappa shape index (κ1) is 13.2. The molecule has 20 heavy (non-hydrogen) atoms. The Balaban J connectivity index is 1.88. The summed E-state index contributed by atoms with van der Waals surface area (Å²) in [6.45, 7) is 0.331. The number of hydrogen-bond acceptors (Lipinski definition) is 2. The number of benzene rings is 1. The highest BCUT2D eigenvalue weighted by molar-refractivity contribution is 9.10. The van der Waals surface area contributed by atoms with Crippen LogP contribution in [-0.4, -0.2) is 15.8 Å². The molecule has 0 fully saturated rings. The van der Waals surface area contributed by atoms with Crippen molar-refractivity contribution in [3.8, 4) is 0 Å². The van der Waals surface area contributed by atoms with Gasteiger partial charge in [0.05, 0.1) is 22.3 Å². The number of halogens is 3. The Hall–Kier alpha value is -1.82. The largest absolute Gasteiger partial charge is 0.328 e. The molecule has 1 aromatic carbocycles. The van der Waals surface area contributed by atoms with Gasteiger partial charge in [-0.3, -0.25) is 9.78 Å². The van der Waals surface area contributed by atoms with E-state index in [2.05, 4.69) is 20.9 Å². The second kappa shape index (κ2) is 4.94. The molecule has 1 aliphatic rings. The van der Waals surface area contributed by atoms with Crippen LogP contribution >= 0.6 is 15.9 Å². The molecule has 6 heteroatoms. The second-order valence-corrected chi connectivity index (χ2v) is 5.37. The van der Waals surface area contributed by atoms with Gasteiger partial charge >= 0.3 is 0 Å². The molecule has 2 aromatic rings. The van der Waals surface area contributed by atoms with Crippen molar-refractivity contribution in [3.05, 3.63) is 63.4 Å². The summed E-state index contributed by atoms with van der Waals surface area (Å²) in [7, 11) is 0. The highest BCUT2D eigenvalue weighted by Crippen LogP contribution is 2.25. The van der Waals surface area contributed by atoms with Gasteiger partial charge in [0.1, 0.15) is 11.6 Å². The summed E-state index contributed by atoms with van der Waals surface area (Å²) in [5.41, 5.74) is 1.33. The lowest BCUT2D eigenvalue weighted by atomic mass is 10.2. The topological polar surface area (TPSA) is 33.2 Å². The lowest BCUT2D eigenvalue weighted by Gasteiger charge is -2.16. The third-order valence-corrected chi connectivity index (χ3v) is 3.81. The number of amides is 1. The summed E-state index contributed by atoms with van der Waals surface area (Å²) >= 11 is 2.92. The van der Waals surface area contributed by atoms with Gasteiger partial charge < -0.3 is 4.90 Å². The molecule has 0 atom stereocenters. The number of carbonyl (C=O) groups is 1. The van der Waals surface area contributed by atoms with Gasteiger partial charge in [0.2, 0.25) is 0 Å². The second-order valence-electron chi connectivity index (χ2n) is 4.52. The van der Waals surface area contributed by atoms with Gasteiger partial charge in [-0.2, -0.15) is 0 Å². The molecule has 0 N–H and O–H groups in total. The molecule has 102 valence electrons. The van der Waals surface area contributed by atoms with Crippen LogP contribution in [0.1, 0.15) is 21.6 Å². The highest BCUT2D eigenvalue weighted by Gasteiger charge is 2.28. The predicted octanol–water partition coefficient (Wildman–Crippen LogP) is 3.28. The van der Waals surface area contributed by atoms with Gasteiger partial charge in [-0.25, -0.2) is 8.78 Å². The monoisotopic (exact) mass is 338 g/mol. The number of hydrogen-bond donors (Lipinski definition) is 0. The van der Waals surface area contributed by atoms with Crippen molar-refractivity contribution in [2.75, 3.05) is 0 Å². The highest BCUT2D eigenvalue weighted by atomic mass is 79.9. The maximum atomic E-state index is 13.8. The summed E-state index contributed by atoms with van der Waals surface area (Å²) < 4.78 is 27.3. The fraction of sp³-hybridized carbons (Fsp3) is 0.143. The SMILES string of the molecule is O=C1c2cccnc2CN1Cc1cc(F)c(Br)cc1F. The van der Waals surface area contributed by atoms with E-state index in [-0.39, 0.29) is 22.5 Å². The molecule has 1 amide bonds. The number of carbonyl (C=O) groups excluding carboxylic acids is 1. The Kier molecular flexibility index (Phi) is 3.25. The van der Waals surface area contributed by atoms with E-state index in [1.807, 2.05) is 0 Å². The van der Waals surface area contributed by atoms with Crippen molar-refractivity contribution in [2.45, 2.75) is 13.1 Å². The lowest BCUT2D eigenvalue weighted by molar-refractivity contribution is 0.0764. The third-order valence-electron chi connectivity index (χ3n) is 3.20. The minimum Gasteiger partial charge on any atom is -0.328 e. The lowest BCUT2D eigenvalue weighted by Crippen LogP contribution is -2.24. The third kappa shape index (κ3) is 2.20. The Morgan fingerprint density at radius 1 is 1.30 bits per heavy atom. The van der Waals surface area contributed by atoms with Gasteiger partial charge in [-0.15, -0.1) is 0 Å². The van der Waals surface area contributed by atoms with E-state index in [4.69, 9.17) is 0 Å². The van der Waals surface area contributed by atoms with Gasteiger partial charge in [0.25, 0.3) is 5.91 Å². The van der Waals surface area contributed by atoms with E-state index in [9.17, 15) is 13.6 Å². The summed E-state index contributed by atoms with van der Waals surface area (Å²) in [4.78, 5) is 17.7. The molecule has 2 heterocycles. The summed E-state index contributed by atoms with van der Waals surface area (Å²) in [6.07, 6.45) is 1.61. The van der Waals surface area contributed by atoms with Gasteiger partial charge in [0, 0.05) is 18.3 Å². The van der Waals surface area contributed by atoms with Gasteiger partial charge in [-0.1, -0.05) is 0 Å². The van der Waals surface area contributed by atoms with E-state index in [1.54, 1.807) is 18.3 Å². The van der Waals surface area contributed by atoms with E-state index in [0.29, 0.717) is 17.8 Å². The molecular formula is C14H9BrF2N2O. The molecule has 0 saturated carbocycles. The van der Waals surface area contributed by atoms with Crippen LogP contribution in [0.25, 0.3) is 0 Å². The Labute approximate surface area is 122 Å². The standard InChI is InChI=1S/C14H9BrF2N2O/c15-10-5-11(16)8(4-12(10)17)6-19-7-13-9(14(19)20)2-1-3-18-13/h1-5H,6-7H2. The van der Waals surface area contributed by atoms with Crippen LogP contribution in [0.3, 0.4) is 0 Å². The van der Waals surface area contributed by atoms with E-state index in [0.717, 1.165) is 12.1 Å². The number of rotatable bonds is 2. The maximum absolute atomic E-state index is 13.8.